The molecule has 2 unspecified atom stereocenters. The minimum Gasteiger partial charge on any atom is -0.507 e. The molecular formula is C39H34ClN3O8. The lowest BCUT2D eigenvalue weighted by Gasteiger charge is -2.15. The predicted octanol–water partition coefficient (Wildman–Crippen LogP) is 6.57. The van der Waals surface area contributed by atoms with Crippen molar-refractivity contribution < 1.29 is 39.4 Å². The average molecular weight is 708 g/mol. The molecule has 0 saturated carbocycles. The second-order valence-corrected chi connectivity index (χ2v) is 11.8. The lowest BCUT2D eigenvalue weighted by atomic mass is 10.1. The van der Waals surface area contributed by atoms with Crippen molar-refractivity contribution in [2.45, 2.75) is 12.2 Å². The number of nitrogens with zero attached hydrogens (tertiary/aromatic N) is 3. The Bertz CT molecular complexity index is 1910. The van der Waals surface area contributed by atoms with E-state index < -0.39 is 12.2 Å². The van der Waals surface area contributed by atoms with E-state index in [0.29, 0.717) is 33.6 Å². The SMILES string of the molecule is Oc1cc(OCC(O)COc2ccccc2)ccc1-c1nc(-c2ccc(Cl)cc2)nc(-c2ccc(OCC(O)COc3ccccc3)cc2O)n1. The fraction of sp³-hybridized carbons (Fsp3) is 0.154. The highest BCUT2D eigenvalue weighted by Crippen LogP contribution is 2.36. The average Bonchev–Trinajstić information content (AvgIpc) is 3.15. The number of rotatable bonds is 15. The van der Waals surface area contributed by atoms with Gasteiger partial charge in [-0.15, -0.1) is 0 Å². The number of hydrogen-bond acceptors (Lipinski definition) is 11. The topological polar surface area (TPSA) is 157 Å². The Morgan fingerprint density at radius 1 is 0.471 bits per heavy atom. The number of aliphatic hydroxyl groups excluding tert-OH is 2. The number of phenolic OH excluding ortho intramolecular Hbond substituents is 2. The van der Waals surface area contributed by atoms with Gasteiger partial charge in [0.25, 0.3) is 0 Å². The lowest BCUT2D eigenvalue weighted by molar-refractivity contribution is 0.0625. The summed E-state index contributed by atoms with van der Waals surface area (Å²) in [5.41, 5.74) is 1.18. The van der Waals surface area contributed by atoms with Gasteiger partial charge in [-0.25, -0.2) is 15.0 Å². The normalized spacial score (nSPS) is 12.1. The largest absolute Gasteiger partial charge is 0.507 e. The molecule has 1 heterocycles. The lowest BCUT2D eigenvalue weighted by Crippen LogP contribution is -2.25. The van der Waals surface area contributed by atoms with Crippen molar-refractivity contribution in [3.05, 3.63) is 126 Å². The first-order valence-electron chi connectivity index (χ1n) is 16.0. The van der Waals surface area contributed by atoms with Gasteiger partial charge in [-0.1, -0.05) is 48.0 Å². The predicted molar refractivity (Wildman–Crippen MR) is 191 cm³/mol. The molecule has 11 nitrogen and oxygen atoms in total. The number of aromatic nitrogens is 3. The van der Waals surface area contributed by atoms with E-state index in [-0.39, 0.29) is 66.5 Å². The quantitative estimate of drug-likeness (QED) is 0.0915. The Balaban J connectivity index is 1.18. The zero-order valence-electron chi connectivity index (χ0n) is 27.2. The maximum absolute atomic E-state index is 11.0. The number of phenols is 2. The van der Waals surface area contributed by atoms with E-state index in [0.717, 1.165) is 0 Å². The van der Waals surface area contributed by atoms with Crippen LogP contribution in [0, 0.1) is 0 Å². The van der Waals surface area contributed by atoms with Crippen LogP contribution in [0.1, 0.15) is 0 Å². The van der Waals surface area contributed by atoms with E-state index in [1.54, 1.807) is 72.8 Å². The number of aliphatic hydroxyl groups is 2. The summed E-state index contributed by atoms with van der Waals surface area (Å²) in [4.78, 5) is 13.8. The van der Waals surface area contributed by atoms with Gasteiger partial charge in [0.05, 0.1) is 11.1 Å². The summed E-state index contributed by atoms with van der Waals surface area (Å²) < 4.78 is 22.5. The number of aromatic hydroxyl groups is 2. The summed E-state index contributed by atoms with van der Waals surface area (Å²) in [5, 5.41) is 43.3. The van der Waals surface area contributed by atoms with Gasteiger partial charge in [-0.05, 0) is 72.8 Å². The van der Waals surface area contributed by atoms with Crippen molar-refractivity contribution in [2.24, 2.45) is 0 Å². The van der Waals surface area contributed by atoms with E-state index in [2.05, 4.69) is 15.0 Å². The van der Waals surface area contributed by atoms with Crippen molar-refractivity contribution in [2.75, 3.05) is 26.4 Å². The van der Waals surface area contributed by atoms with Gasteiger partial charge in [0.1, 0.15) is 73.1 Å². The molecule has 0 aliphatic carbocycles. The number of halogens is 1. The highest BCUT2D eigenvalue weighted by Gasteiger charge is 2.18. The molecule has 4 N–H and O–H groups in total. The Kier molecular flexibility index (Phi) is 11.4. The van der Waals surface area contributed by atoms with Crippen LogP contribution >= 0.6 is 11.6 Å². The molecule has 6 aromatic rings. The van der Waals surface area contributed by atoms with Crippen LogP contribution in [0.25, 0.3) is 34.2 Å². The molecule has 1 aromatic heterocycles. The molecule has 12 heteroatoms. The van der Waals surface area contributed by atoms with E-state index >= 15 is 0 Å². The van der Waals surface area contributed by atoms with Gasteiger partial charge in [0.2, 0.25) is 0 Å². The van der Waals surface area contributed by atoms with Crippen molar-refractivity contribution in [3.8, 4) is 68.7 Å². The highest BCUT2D eigenvalue weighted by atomic mass is 35.5. The molecule has 0 saturated heterocycles. The fourth-order valence-electron chi connectivity index (χ4n) is 4.82. The van der Waals surface area contributed by atoms with Crippen LogP contribution in [0.5, 0.6) is 34.5 Å². The van der Waals surface area contributed by atoms with Crippen LogP contribution < -0.4 is 18.9 Å². The van der Waals surface area contributed by atoms with Crippen molar-refractivity contribution in [3.63, 3.8) is 0 Å². The minimum absolute atomic E-state index is 0.0286. The third kappa shape index (κ3) is 9.64. The molecule has 0 aliphatic heterocycles. The van der Waals surface area contributed by atoms with Crippen LogP contribution in [0.4, 0.5) is 0 Å². The Morgan fingerprint density at radius 2 is 0.863 bits per heavy atom. The monoisotopic (exact) mass is 707 g/mol. The van der Waals surface area contributed by atoms with Crippen LogP contribution in [-0.2, 0) is 0 Å². The van der Waals surface area contributed by atoms with Gasteiger partial charge < -0.3 is 39.4 Å². The van der Waals surface area contributed by atoms with Gasteiger partial charge in [0.15, 0.2) is 17.5 Å². The van der Waals surface area contributed by atoms with Crippen molar-refractivity contribution in [1.82, 2.24) is 15.0 Å². The van der Waals surface area contributed by atoms with Crippen LogP contribution in [0.2, 0.25) is 5.02 Å². The van der Waals surface area contributed by atoms with E-state index in [9.17, 15) is 20.4 Å². The van der Waals surface area contributed by atoms with Crippen LogP contribution in [0.15, 0.2) is 121 Å². The van der Waals surface area contributed by atoms with Gasteiger partial charge in [-0.2, -0.15) is 0 Å². The number of para-hydroxylation sites is 2. The van der Waals surface area contributed by atoms with Crippen molar-refractivity contribution in [1.29, 1.82) is 0 Å². The summed E-state index contributed by atoms with van der Waals surface area (Å²) in [7, 11) is 0. The first-order valence-corrected chi connectivity index (χ1v) is 16.3. The summed E-state index contributed by atoms with van der Waals surface area (Å²) in [5.74, 6) is 2.07. The van der Waals surface area contributed by atoms with Gasteiger partial charge in [-0.3, -0.25) is 0 Å². The molecule has 260 valence electrons. The summed E-state index contributed by atoms with van der Waals surface area (Å²) >= 11 is 6.12. The fourth-order valence-corrected chi connectivity index (χ4v) is 4.95. The summed E-state index contributed by atoms with van der Waals surface area (Å²) in [6.45, 7) is -0.0785. The molecule has 0 fully saturated rings. The Hall–Kier alpha value is -5.88. The second-order valence-electron chi connectivity index (χ2n) is 11.3. The van der Waals surface area contributed by atoms with Crippen LogP contribution in [-0.4, -0.2) is 74.0 Å². The zero-order chi connectivity index (χ0) is 35.6. The first kappa shape index (κ1) is 35.0. The summed E-state index contributed by atoms with van der Waals surface area (Å²) in [6, 6.07) is 34.4. The molecule has 6 rings (SSSR count). The number of hydrogen-bond donors (Lipinski definition) is 4. The highest BCUT2D eigenvalue weighted by molar-refractivity contribution is 6.30. The molecule has 2 atom stereocenters. The third-order valence-corrected chi connectivity index (χ3v) is 7.67. The van der Waals surface area contributed by atoms with Crippen molar-refractivity contribution >= 4 is 11.6 Å². The molecule has 0 bridgehead atoms. The van der Waals surface area contributed by atoms with Gasteiger partial charge >= 0.3 is 0 Å². The Labute approximate surface area is 298 Å². The zero-order valence-corrected chi connectivity index (χ0v) is 27.9. The minimum atomic E-state index is -0.914. The van der Waals surface area contributed by atoms with Crippen LogP contribution in [0.3, 0.4) is 0 Å². The van der Waals surface area contributed by atoms with E-state index in [1.165, 1.54) is 12.1 Å². The smallest absolute Gasteiger partial charge is 0.167 e. The first-order chi connectivity index (χ1) is 24.8. The maximum Gasteiger partial charge on any atom is 0.167 e. The number of benzene rings is 5. The van der Waals surface area contributed by atoms with E-state index in [1.807, 2.05) is 36.4 Å². The summed E-state index contributed by atoms with van der Waals surface area (Å²) in [6.07, 6.45) is -1.83. The Morgan fingerprint density at radius 3 is 1.27 bits per heavy atom. The van der Waals surface area contributed by atoms with Gasteiger partial charge in [0, 0.05) is 22.7 Å². The molecule has 51 heavy (non-hydrogen) atoms. The molecule has 5 aromatic carbocycles. The number of ether oxygens (including phenoxy) is 4. The molecule has 0 amide bonds. The molecule has 0 spiro atoms. The molecule has 0 aliphatic rings. The molecule has 0 radical (unpaired) electrons. The molecular weight excluding hydrogens is 674 g/mol. The standard InChI is InChI=1S/C39H34ClN3O8/c40-26-13-11-25(12-14-26)37-41-38(33-17-15-31(19-35(33)46)50-23-27(44)21-48-29-7-3-1-4-8-29)43-39(42-37)34-18-16-32(20-36(34)47)51-24-28(45)22-49-30-9-5-2-6-10-30/h1-20,27-28,44-47H,21-24H2. The maximum atomic E-state index is 11.0. The third-order valence-electron chi connectivity index (χ3n) is 7.41. The second kappa shape index (κ2) is 16.7. The van der Waals surface area contributed by atoms with E-state index in [4.69, 9.17) is 30.5 Å².